The van der Waals surface area contributed by atoms with E-state index in [0.29, 0.717) is 10.9 Å². The van der Waals surface area contributed by atoms with Crippen molar-refractivity contribution in [3.8, 4) is 0 Å². The van der Waals surface area contributed by atoms with Crippen molar-refractivity contribution in [3.05, 3.63) is 77.9 Å². The van der Waals surface area contributed by atoms with Gasteiger partial charge in [0, 0.05) is 22.9 Å². The molecule has 3 aromatic carbocycles. The summed E-state index contributed by atoms with van der Waals surface area (Å²) in [5, 5.41) is 1.22. The molecule has 1 N–H and O–H groups in total. The summed E-state index contributed by atoms with van der Waals surface area (Å²) in [6.07, 6.45) is -0.375. The number of esters is 1. The lowest BCUT2D eigenvalue weighted by Gasteiger charge is -2.26. The minimum atomic E-state index is -4.03. The lowest BCUT2D eigenvalue weighted by Crippen LogP contribution is -2.49. The van der Waals surface area contributed by atoms with E-state index >= 15 is 0 Å². The molecule has 1 atom stereocenters. The molecule has 4 rings (SSSR count). The summed E-state index contributed by atoms with van der Waals surface area (Å²) in [5.41, 5.74) is -1.18. The number of ether oxygens (including phenoxy) is 1. The molecule has 0 saturated heterocycles. The number of benzene rings is 3. The molecule has 0 radical (unpaired) electrons. The van der Waals surface area contributed by atoms with Gasteiger partial charge in [-0.25, -0.2) is 13.2 Å². The lowest BCUT2D eigenvalue weighted by atomic mass is 9.83. The van der Waals surface area contributed by atoms with E-state index in [0.717, 1.165) is 5.39 Å². The molecular weight excluding hydrogens is 390 g/mol. The highest BCUT2D eigenvalue weighted by Crippen LogP contribution is 2.43. The average Bonchev–Trinajstić information content (AvgIpc) is 2.96. The van der Waals surface area contributed by atoms with Gasteiger partial charge in [-0.05, 0) is 12.3 Å². The highest BCUT2D eigenvalue weighted by Gasteiger charge is 2.54. The standard InChI is InChI=1S/C22H19NO5S/c1-2-28-21(25)22(14-19(24)16-9-4-3-5-10-16)18-13-12-15-8-6-7-11-17(15)20(18)29(26,27)23-22/h3-13,23H,2,14H2,1H3/t22-/m0/s1. The molecule has 0 aliphatic carbocycles. The zero-order valence-electron chi connectivity index (χ0n) is 15.7. The Balaban J connectivity index is 1.93. The van der Waals surface area contributed by atoms with Crippen LogP contribution in [0.3, 0.4) is 0 Å². The number of sulfonamides is 1. The molecule has 1 aliphatic heterocycles. The second-order valence-electron chi connectivity index (χ2n) is 6.86. The van der Waals surface area contributed by atoms with E-state index in [2.05, 4.69) is 4.72 Å². The fraction of sp³-hybridized carbons (Fsp3) is 0.182. The van der Waals surface area contributed by atoms with Gasteiger partial charge >= 0.3 is 5.97 Å². The van der Waals surface area contributed by atoms with Crippen molar-refractivity contribution in [2.45, 2.75) is 23.8 Å². The molecule has 0 spiro atoms. The summed E-state index contributed by atoms with van der Waals surface area (Å²) >= 11 is 0. The van der Waals surface area contributed by atoms with Gasteiger partial charge in [-0.3, -0.25) is 4.79 Å². The van der Waals surface area contributed by atoms with Gasteiger partial charge in [0.05, 0.1) is 11.5 Å². The molecule has 1 aliphatic rings. The first-order valence-corrected chi connectivity index (χ1v) is 10.7. The van der Waals surface area contributed by atoms with Crippen LogP contribution in [-0.2, 0) is 25.1 Å². The molecule has 6 nitrogen and oxygen atoms in total. The second kappa shape index (κ2) is 7.09. The van der Waals surface area contributed by atoms with Gasteiger partial charge in [0.15, 0.2) is 11.3 Å². The number of carbonyl (C=O) groups is 2. The molecule has 7 heteroatoms. The zero-order chi connectivity index (χ0) is 20.6. The van der Waals surface area contributed by atoms with Crippen LogP contribution >= 0.6 is 0 Å². The number of hydrogen-bond acceptors (Lipinski definition) is 5. The Morgan fingerprint density at radius 2 is 1.66 bits per heavy atom. The van der Waals surface area contributed by atoms with Gasteiger partial charge < -0.3 is 4.74 Å². The highest BCUT2D eigenvalue weighted by atomic mass is 32.2. The van der Waals surface area contributed by atoms with Gasteiger partial charge in [-0.15, -0.1) is 0 Å². The number of hydrogen-bond donors (Lipinski definition) is 1. The Hall–Kier alpha value is -3.03. The van der Waals surface area contributed by atoms with Crippen LogP contribution in [0, 0.1) is 0 Å². The van der Waals surface area contributed by atoms with Crippen molar-refractivity contribution in [2.24, 2.45) is 0 Å². The maximum atomic E-state index is 13.1. The predicted molar refractivity (Wildman–Crippen MR) is 108 cm³/mol. The van der Waals surface area contributed by atoms with Crippen molar-refractivity contribution >= 4 is 32.5 Å². The van der Waals surface area contributed by atoms with E-state index in [1.807, 2.05) is 0 Å². The third kappa shape index (κ3) is 3.12. The van der Waals surface area contributed by atoms with Gasteiger partial charge in [0.25, 0.3) is 0 Å². The number of ketones is 1. The summed E-state index contributed by atoms with van der Waals surface area (Å²) in [6, 6.07) is 18.8. The van der Waals surface area contributed by atoms with Crippen molar-refractivity contribution in [1.82, 2.24) is 4.72 Å². The molecule has 148 valence electrons. The number of Topliss-reactive ketones (excluding diaryl/α,β-unsaturated/α-hetero) is 1. The van der Waals surface area contributed by atoms with Gasteiger partial charge in [-0.2, -0.15) is 4.72 Å². The molecule has 3 aromatic rings. The molecule has 0 aromatic heterocycles. The first-order chi connectivity index (χ1) is 13.9. The molecule has 29 heavy (non-hydrogen) atoms. The first kappa shape index (κ1) is 19.3. The molecule has 1 heterocycles. The van der Waals surface area contributed by atoms with Gasteiger partial charge in [-0.1, -0.05) is 66.7 Å². The van der Waals surface area contributed by atoms with Crippen molar-refractivity contribution < 1.29 is 22.7 Å². The van der Waals surface area contributed by atoms with Crippen molar-refractivity contribution in [3.63, 3.8) is 0 Å². The normalized spacial score (nSPS) is 19.6. The smallest absolute Gasteiger partial charge is 0.332 e. The predicted octanol–water partition coefficient (Wildman–Crippen LogP) is 3.16. The quantitative estimate of drug-likeness (QED) is 0.516. The van der Waals surface area contributed by atoms with Crippen LogP contribution in [0.25, 0.3) is 10.8 Å². The largest absolute Gasteiger partial charge is 0.464 e. The van der Waals surface area contributed by atoms with Gasteiger partial charge in [0.2, 0.25) is 10.0 Å². The number of rotatable bonds is 5. The molecule has 0 amide bonds. The van der Waals surface area contributed by atoms with Crippen LogP contribution in [0.1, 0.15) is 29.3 Å². The first-order valence-electron chi connectivity index (χ1n) is 9.21. The lowest BCUT2D eigenvalue weighted by molar-refractivity contribution is -0.150. The van der Waals surface area contributed by atoms with E-state index in [4.69, 9.17) is 4.74 Å². The van der Waals surface area contributed by atoms with E-state index < -0.39 is 21.5 Å². The van der Waals surface area contributed by atoms with E-state index in [9.17, 15) is 18.0 Å². The molecule has 0 bridgehead atoms. The SMILES string of the molecule is CCOC(=O)[C@@]1(CC(=O)c2ccccc2)NS(=O)(=O)c2c1ccc1ccccc21. The summed E-state index contributed by atoms with van der Waals surface area (Å²) in [4.78, 5) is 26.0. The van der Waals surface area contributed by atoms with Crippen LogP contribution in [0.4, 0.5) is 0 Å². The fourth-order valence-corrected chi connectivity index (χ4v) is 5.61. The third-order valence-corrected chi connectivity index (χ3v) is 6.66. The summed E-state index contributed by atoms with van der Waals surface area (Å²) in [5.74, 6) is -1.15. The van der Waals surface area contributed by atoms with Crippen LogP contribution in [-0.4, -0.2) is 26.8 Å². The topological polar surface area (TPSA) is 89.5 Å². The Morgan fingerprint density at radius 1 is 0.966 bits per heavy atom. The van der Waals surface area contributed by atoms with Crippen molar-refractivity contribution in [2.75, 3.05) is 6.61 Å². The van der Waals surface area contributed by atoms with Crippen molar-refractivity contribution in [1.29, 1.82) is 0 Å². The van der Waals surface area contributed by atoms with Crippen LogP contribution in [0.2, 0.25) is 0 Å². The van der Waals surface area contributed by atoms with Crippen LogP contribution in [0.15, 0.2) is 71.6 Å². The Labute approximate surface area is 168 Å². The highest BCUT2D eigenvalue weighted by molar-refractivity contribution is 7.90. The molecule has 0 unspecified atom stereocenters. The minimum absolute atomic E-state index is 0.0181. The maximum absolute atomic E-state index is 13.1. The van der Waals surface area contributed by atoms with Crippen LogP contribution in [0.5, 0.6) is 0 Å². The van der Waals surface area contributed by atoms with E-state index in [1.165, 1.54) is 0 Å². The number of nitrogens with one attached hydrogen (secondary N) is 1. The number of fused-ring (bicyclic) bond motifs is 3. The third-order valence-electron chi connectivity index (χ3n) is 5.06. The van der Waals surface area contributed by atoms with Crippen LogP contribution < -0.4 is 4.72 Å². The Kier molecular flexibility index (Phi) is 4.72. The summed E-state index contributed by atoms with van der Waals surface area (Å²) in [6.45, 7) is 1.69. The Morgan fingerprint density at radius 3 is 2.38 bits per heavy atom. The summed E-state index contributed by atoms with van der Waals surface area (Å²) in [7, 11) is -4.03. The van der Waals surface area contributed by atoms with E-state index in [1.54, 1.807) is 73.7 Å². The second-order valence-corrected chi connectivity index (χ2v) is 8.48. The number of carbonyl (C=O) groups excluding carboxylic acids is 2. The monoisotopic (exact) mass is 409 g/mol. The van der Waals surface area contributed by atoms with Gasteiger partial charge in [0.1, 0.15) is 0 Å². The Bertz CT molecular complexity index is 1220. The summed E-state index contributed by atoms with van der Waals surface area (Å²) < 4.78 is 33.8. The van der Waals surface area contributed by atoms with E-state index in [-0.39, 0.29) is 29.3 Å². The maximum Gasteiger partial charge on any atom is 0.332 e. The molecule has 0 fully saturated rings. The minimum Gasteiger partial charge on any atom is -0.464 e. The average molecular weight is 409 g/mol. The molecular formula is C22H19NO5S. The molecule has 0 saturated carbocycles. The fourth-order valence-electron chi connectivity index (χ4n) is 3.78. The zero-order valence-corrected chi connectivity index (χ0v) is 16.5.